The van der Waals surface area contributed by atoms with Crippen LogP contribution in [0.4, 0.5) is 5.69 Å². The van der Waals surface area contributed by atoms with E-state index in [4.69, 9.17) is 13.9 Å². The Balaban J connectivity index is 1.20. The highest BCUT2D eigenvalue weighted by atomic mass is 16.5. The number of furan rings is 1. The second kappa shape index (κ2) is 10.4. The van der Waals surface area contributed by atoms with Crippen molar-refractivity contribution in [2.75, 3.05) is 18.5 Å². The normalized spacial score (nSPS) is 15.1. The van der Waals surface area contributed by atoms with Gasteiger partial charge in [0.15, 0.2) is 5.76 Å². The molecule has 0 spiro atoms. The molecule has 1 unspecified atom stereocenters. The minimum absolute atomic E-state index is 0.0408. The predicted octanol–water partition coefficient (Wildman–Crippen LogP) is 5.17. The highest BCUT2D eigenvalue weighted by Gasteiger charge is 2.19. The van der Waals surface area contributed by atoms with Crippen LogP contribution in [-0.4, -0.2) is 31.1 Å². The zero-order valence-corrected chi connectivity index (χ0v) is 19.2. The molecule has 2 N–H and O–H groups in total. The molecule has 2 heterocycles. The standard InChI is InChI=1S/C28H26N2O5/c31-27(29-17-22-8-5-15-33-22)24-9-3-4-10-25(24)30-28(32)26-14-13-23(35-26)18-34-21-12-11-19-6-1-2-7-20(19)16-21/h1-4,6-7,9-14,16,22H,5,8,15,17-18H2,(H,29,31)(H,30,32). The maximum Gasteiger partial charge on any atom is 0.291 e. The van der Waals surface area contributed by atoms with E-state index in [-0.39, 0.29) is 24.4 Å². The van der Waals surface area contributed by atoms with Gasteiger partial charge < -0.3 is 24.5 Å². The first kappa shape index (κ1) is 22.7. The van der Waals surface area contributed by atoms with Gasteiger partial charge in [0.25, 0.3) is 11.8 Å². The Morgan fingerprint density at radius 3 is 2.60 bits per heavy atom. The van der Waals surface area contributed by atoms with E-state index in [1.807, 2.05) is 42.5 Å². The van der Waals surface area contributed by atoms with Gasteiger partial charge in [-0.3, -0.25) is 9.59 Å². The molecule has 35 heavy (non-hydrogen) atoms. The van der Waals surface area contributed by atoms with Gasteiger partial charge in [-0.25, -0.2) is 0 Å². The summed E-state index contributed by atoms with van der Waals surface area (Å²) >= 11 is 0. The SMILES string of the molecule is O=C(Nc1ccccc1C(=O)NCC1CCCO1)c1ccc(COc2ccc3ccccc3c2)o1. The van der Waals surface area contributed by atoms with E-state index in [0.717, 1.165) is 30.2 Å². The summed E-state index contributed by atoms with van der Waals surface area (Å²) < 4.78 is 17.1. The van der Waals surface area contributed by atoms with Crippen LogP contribution in [0, 0.1) is 0 Å². The molecule has 7 nitrogen and oxygen atoms in total. The summed E-state index contributed by atoms with van der Waals surface area (Å²) in [6.07, 6.45) is 1.98. The number of para-hydroxylation sites is 1. The Hall–Kier alpha value is -4.10. The van der Waals surface area contributed by atoms with Gasteiger partial charge in [0.2, 0.25) is 0 Å². The van der Waals surface area contributed by atoms with Crippen molar-refractivity contribution < 1.29 is 23.5 Å². The first-order chi connectivity index (χ1) is 17.2. The second-order valence-corrected chi connectivity index (χ2v) is 8.41. The van der Waals surface area contributed by atoms with Crippen molar-refractivity contribution in [1.29, 1.82) is 0 Å². The van der Waals surface area contributed by atoms with Crippen LogP contribution in [0.25, 0.3) is 10.8 Å². The van der Waals surface area contributed by atoms with Crippen LogP contribution >= 0.6 is 0 Å². The van der Waals surface area contributed by atoms with E-state index in [0.29, 0.717) is 29.3 Å². The Morgan fingerprint density at radius 1 is 0.914 bits per heavy atom. The average Bonchev–Trinajstić information content (AvgIpc) is 3.59. The Kier molecular flexibility index (Phi) is 6.77. The quantitative estimate of drug-likeness (QED) is 0.371. The van der Waals surface area contributed by atoms with Gasteiger partial charge in [-0.1, -0.05) is 42.5 Å². The number of ether oxygens (including phenoxy) is 2. The number of carbonyl (C=O) groups excluding carboxylic acids is 2. The van der Waals surface area contributed by atoms with Crippen molar-refractivity contribution in [3.05, 3.63) is 95.9 Å². The summed E-state index contributed by atoms with van der Waals surface area (Å²) in [7, 11) is 0. The molecule has 1 aliphatic heterocycles. The monoisotopic (exact) mass is 470 g/mol. The highest BCUT2D eigenvalue weighted by Crippen LogP contribution is 2.22. The number of benzene rings is 3. The number of fused-ring (bicyclic) bond motifs is 1. The molecule has 1 saturated heterocycles. The van der Waals surface area contributed by atoms with Gasteiger partial charge >= 0.3 is 0 Å². The lowest BCUT2D eigenvalue weighted by atomic mass is 10.1. The summed E-state index contributed by atoms with van der Waals surface area (Å²) in [4.78, 5) is 25.5. The molecule has 5 rings (SSSR count). The fourth-order valence-corrected chi connectivity index (χ4v) is 4.07. The van der Waals surface area contributed by atoms with E-state index in [1.54, 1.807) is 36.4 Å². The second-order valence-electron chi connectivity index (χ2n) is 8.41. The summed E-state index contributed by atoms with van der Waals surface area (Å²) in [5.41, 5.74) is 0.790. The smallest absolute Gasteiger partial charge is 0.291 e. The third kappa shape index (κ3) is 5.53. The molecule has 0 bridgehead atoms. The molecule has 4 aromatic rings. The van der Waals surface area contributed by atoms with E-state index < -0.39 is 5.91 Å². The number of carbonyl (C=O) groups is 2. The Labute approximate surface area is 203 Å². The minimum Gasteiger partial charge on any atom is -0.486 e. The summed E-state index contributed by atoms with van der Waals surface area (Å²) in [5.74, 6) is 0.665. The van der Waals surface area contributed by atoms with Crippen LogP contribution in [0.1, 0.15) is 39.5 Å². The molecule has 7 heteroatoms. The van der Waals surface area contributed by atoms with Crippen LogP contribution in [0.2, 0.25) is 0 Å². The fraction of sp³-hybridized carbons (Fsp3) is 0.214. The number of amides is 2. The average molecular weight is 471 g/mol. The zero-order chi connectivity index (χ0) is 24.0. The van der Waals surface area contributed by atoms with E-state index in [1.165, 1.54) is 0 Å². The summed E-state index contributed by atoms with van der Waals surface area (Å²) in [6.45, 7) is 1.36. The van der Waals surface area contributed by atoms with Gasteiger partial charge in [-0.15, -0.1) is 0 Å². The van der Waals surface area contributed by atoms with Gasteiger partial charge in [0.1, 0.15) is 18.1 Å². The van der Waals surface area contributed by atoms with E-state index in [2.05, 4.69) is 10.6 Å². The van der Waals surface area contributed by atoms with Crippen LogP contribution in [0.15, 0.2) is 83.3 Å². The topological polar surface area (TPSA) is 89.8 Å². The Bertz CT molecular complexity index is 1340. The van der Waals surface area contributed by atoms with Crippen LogP contribution < -0.4 is 15.4 Å². The molecular weight excluding hydrogens is 444 g/mol. The lowest BCUT2D eigenvalue weighted by Gasteiger charge is -2.13. The molecule has 3 aromatic carbocycles. The van der Waals surface area contributed by atoms with Crippen LogP contribution in [0.5, 0.6) is 5.75 Å². The molecule has 1 atom stereocenters. The van der Waals surface area contributed by atoms with Crippen molar-refractivity contribution in [2.45, 2.75) is 25.6 Å². The number of nitrogens with one attached hydrogen (secondary N) is 2. The van der Waals surface area contributed by atoms with Crippen LogP contribution in [-0.2, 0) is 11.3 Å². The summed E-state index contributed by atoms with van der Waals surface area (Å²) in [6, 6.07) is 24.1. The van der Waals surface area contributed by atoms with E-state index >= 15 is 0 Å². The first-order valence-corrected chi connectivity index (χ1v) is 11.7. The Morgan fingerprint density at radius 2 is 1.74 bits per heavy atom. The van der Waals surface area contributed by atoms with Crippen molar-refractivity contribution in [3.63, 3.8) is 0 Å². The molecule has 0 aliphatic carbocycles. The molecule has 2 amide bonds. The largest absolute Gasteiger partial charge is 0.486 e. The molecular formula is C28H26N2O5. The predicted molar refractivity (Wildman–Crippen MR) is 133 cm³/mol. The van der Waals surface area contributed by atoms with Crippen molar-refractivity contribution in [2.24, 2.45) is 0 Å². The molecule has 178 valence electrons. The van der Waals surface area contributed by atoms with Crippen molar-refractivity contribution >= 4 is 28.3 Å². The third-order valence-electron chi connectivity index (χ3n) is 5.92. The van der Waals surface area contributed by atoms with Crippen molar-refractivity contribution in [3.8, 4) is 5.75 Å². The lowest BCUT2D eigenvalue weighted by Crippen LogP contribution is -2.32. The maximum absolute atomic E-state index is 12.8. The first-order valence-electron chi connectivity index (χ1n) is 11.7. The number of hydrogen-bond acceptors (Lipinski definition) is 5. The number of rotatable bonds is 8. The third-order valence-corrected chi connectivity index (χ3v) is 5.92. The number of hydrogen-bond donors (Lipinski definition) is 2. The molecule has 1 aliphatic rings. The molecule has 0 saturated carbocycles. The molecule has 1 fully saturated rings. The molecule has 1 aromatic heterocycles. The highest BCUT2D eigenvalue weighted by molar-refractivity contribution is 6.07. The lowest BCUT2D eigenvalue weighted by molar-refractivity contribution is 0.0858. The maximum atomic E-state index is 12.8. The van der Waals surface area contributed by atoms with E-state index in [9.17, 15) is 9.59 Å². The van der Waals surface area contributed by atoms with Gasteiger partial charge in [0.05, 0.1) is 17.4 Å². The minimum atomic E-state index is -0.443. The van der Waals surface area contributed by atoms with Gasteiger partial charge in [-0.2, -0.15) is 0 Å². The fourth-order valence-electron chi connectivity index (χ4n) is 4.07. The van der Waals surface area contributed by atoms with Gasteiger partial charge in [0, 0.05) is 13.2 Å². The van der Waals surface area contributed by atoms with Gasteiger partial charge in [-0.05, 0) is 60.0 Å². The summed E-state index contributed by atoms with van der Waals surface area (Å²) in [5, 5.41) is 7.89. The zero-order valence-electron chi connectivity index (χ0n) is 19.2. The van der Waals surface area contributed by atoms with Crippen LogP contribution in [0.3, 0.4) is 0 Å². The van der Waals surface area contributed by atoms with Crippen molar-refractivity contribution in [1.82, 2.24) is 5.32 Å². The number of anilines is 1. The molecule has 0 radical (unpaired) electrons.